The molecule has 3 atom stereocenters. The zero-order chi connectivity index (χ0) is 23.9. The molecule has 0 radical (unpaired) electrons. The van der Waals surface area contributed by atoms with Gasteiger partial charge in [0.1, 0.15) is 5.75 Å². The van der Waals surface area contributed by atoms with Gasteiger partial charge in [0, 0.05) is 18.5 Å². The molecular weight excluding hydrogens is 428 g/mol. The van der Waals surface area contributed by atoms with Crippen LogP contribution >= 0.6 is 0 Å². The Labute approximate surface area is 200 Å². The summed E-state index contributed by atoms with van der Waals surface area (Å²) in [6, 6.07) is 17.7. The number of hydrogen-bond acceptors (Lipinski definition) is 5. The number of aliphatic hydroxyl groups excluding tert-OH is 1. The second-order valence-corrected chi connectivity index (χ2v) is 8.95. The van der Waals surface area contributed by atoms with Crippen molar-refractivity contribution in [3.8, 4) is 5.75 Å². The normalized spacial score (nSPS) is 19.9. The number of ether oxygens (including phenoxy) is 1. The summed E-state index contributed by atoms with van der Waals surface area (Å²) in [4.78, 5) is 18.6. The highest BCUT2D eigenvalue weighted by Gasteiger charge is 2.34. The topological polar surface area (TPSA) is 82.9 Å². The van der Waals surface area contributed by atoms with Gasteiger partial charge in [0.15, 0.2) is 0 Å². The maximum absolute atomic E-state index is 12.0. The van der Waals surface area contributed by atoms with Crippen molar-refractivity contribution in [2.45, 2.75) is 25.4 Å². The first-order valence-corrected chi connectivity index (χ1v) is 11.8. The van der Waals surface area contributed by atoms with Gasteiger partial charge < -0.3 is 14.9 Å². The molecule has 2 N–H and O–H groups in total. The third-order valence-electron chi connectivity index (χ3n) is 6.77. The molecule has 0 aliphatic carbocycles. The molecule has 4 rings (SSSR count). The van der Waals surface area contributed by atoms with Crippen molar-refractivity contribution in [3.63, 3.8) is 0 Å². The van der Waals surface area contributed by atoms with E-state index in [0.717, 1.165) is 41.5 Å². The monoisotopic (exact) mass is 460 g/mol. The third-order valence-corrected chi connectivity index (χ3v) is 6.77. The van der Waals surface area contributed by atoms with E-state index >= 15 is 0 Å². The molecule has 0 bridgehead atoms. The molecule has 2 aromatic carbocycles. The maximum Gasteiger partial charge on any atom is 0.308 e. The van der Waals surface area contributed by atoms with Gasteiger partial charge in [-0.3, -0.25) is 14.7 Å². The van der Waals surface area contributed by atoms with Crippen molar-refractivity contribution in [1.82, 2.24) is 9.88 Å². The van der Waals surface area contributed by atoms with Crippen molar-refractivity contribution in [3.05, 3.63) is 78.0 Å². The van der Waals surface area contributed by atoms with Gasteiger partial charge in [-0.15, -0.1) is 0 Å². The van der Waals surface area contributed by atoms with Crippen LogP contribution in [0.4, 0.5) is 0 Å². The highest BCUT2D eigenvalue weighted by molar-refractivity contribution is 5.83. The van der Waals surface area contributed by atoms with Gasteiger partial charge in [0.2, 0.25) is 0 Å². The fourth-order valence-corrected chi connectivity index (χ4v) is 4.84. The quantitative estimate of drug-likeness (QED) is 0.478. The summed E-state index contributed by atoms with van der Waals surface area (Å²) in [5.41, 5.74) is 2.75. The number of carbonyl (C=O) groups is 1. The molecule has 34 heavy (non-hydrogen) atoms. The Balaban J connectivity index is 1.37. The molecule has 0 amide bonds. The Bertz CT molecular complexity index is 1130. The second kappa shape index (κ2) is 11.3. The van der Waals surface area contributed by atoms with Gasteiger partial charge in [-0.25, -0.2) is 0 Å². The molecule has 1 aliphatic rings. The number of aliphatic hydroxyl groups is 1. The van der Waals surface area contributed by atoms with E-state index in [2.05, 4.69) is 34.2 Å². The molecule has 0 saturated carbocycles. The molecule has 1 aromatic heterocycles. The highest BCUT2D eigenvalue weighted by atomic mass is 16.5. The molecule has 6 heteroatoms. The molecule has 178 valence electrons. The van der Waals surface area contributed by atoms with Crippen LogP contribution in [0.3, 0.4) is 0 Å². The smallest absolute Gasteiger partial charge is 0.308 e. The van der Waals surface area contributed by atoms with E-state index in [-0.39, 0.29) is 5.92 Å². The van der Waals surface area contributed by atoms with Crippen molar-refractivity contribution in [1.29, 1.82) is 0 Å². The number of hydrogen-bond donors (Lipinski definition) is 2. The zero-order valence-electron chi connectivity index (χ0n) is 19.5. The Kier molecular flexibility index (Phi) is 7.93. The second-order valence-electron chi connectivity index (χ2n) is 8.95. The number of nitrogens with zero attached hydrogens (tertiary/aromatic N) is 2. The van der Waals surface area contributed by atoms with Crippen LogP contribution in [0, 0.1) is 11.8 Å². The summed E-state index contributed by atoms with van der Waals surface area (Å²) in [6.45, 7) is 2.13. The molecule has 1 saturated heterocycles. The average Bonchev–Trinajstić information content (AvgIpc) is 2.87. The Hall–Kier alpha value is -3.22. The lowest BCUT2D eigenvalue weighted by atomic mass is 9.81. The fraction of sp³-hybridized carbons (Fsp3) is 0.357. The van der Waals surface area contributed by atoms with Crippen molar-refractivity contribution < 1.29 is 19.7 Å². The van der Waals surface area contributed by atoms with E-state index in [1.165, 1.54) is 0 Å². The molecule has 1 fully saturated rings. The molecule has 1 aliphatic heterocycles. The summed E-state index contributed by atoms with van der Waals surface area (Å²) in [5, 5.41) is 21.7. The van der Waals surface area contributed by atoms with Crippen molar-refractivity contribution in [2.75, 3.05) is 26.7 Å². The van der Waals surface area contributed by atoms with Gasteiger partial charge in [0.05, 0.1) is 30.8 Å². The van der Waals surface area contributed by atoms with E-state index in [1.54, 1.807) is 13.3 Å². The van der Waals surface area contributed by atoms with Crippen LogP contribution in [-0.2, 0) is 4.79 Å². The number of carboxylic acids is 1. The van der Waals surface area contributed by atoms with Crippen LogP contribution in [0.25, 0.3) is 17.0 Å². The van der Waals surface area contributed by atoms with Gasteiger partial charge in [-0.2, -0.15) is 0 Å². The van der Waals surface area contributed by atoms with Crippen LogP contribution in [0.2, 0.25) is 0 Å². The number of benzene rings is 2. The first-order valence-electron chi connectivity index (χ1n) is 11.8. The number of carboxylic acid groups (broad SMARTS) is 1. The van der Waals surface area contributed by atoms with E-state index in [0.29, 0.717) is 25.1 Å². The SMILES string of the molecule is COc1cnc2cccc(C(O)CC[C@@H]3CCN(C/C=C/c4ccccc4)C[C@@H]3C(=O)O)c2c1. The van der Waals surface area contributed by atoms with Crippen molar-refractivity contribution in [2.24, 2.45) is 11.8 Å². The largest absolute Gasteiger partial charge is 0.495 e. The summed E-state index contributed by atoms with van der Waals surface area (Å²) in [5.74, 6) is -0.494. The molecule has 2 heterocycles. The number of fused-ring (bicyclic) bond motifs is 1. The standard InChI is InChI=1S/C28H32N2O4/c1-34-22-17-24-23(10-5-11-26(24)29-18-22)27(31)13-12-21-14-16-30(19-25(21)28(32)33)15-6-9-20-7-3-2-4-8-20/h2-11,17-18,21,25,27,31H,12-16,19H2,1H3,(H,32,33)/b9-6+/t21-,25+,27?/m1/s1. The first kappa shape index (κ1) is 23.9. The first-order chi connectivity index (χ1) is 16.5. The third kappa shape index (κ3) is 5.82. The molecule has 1 unspecified atom stereocenters. The average molecular weight is 461 g/mol. The predicted molar refractivity (Wildman–Crippen MR) is 134 cm³/mol. The minimum Gasteiger partial charge on any atom is -0.495 e. The minimum absolute atomic E-state index is 0.0455. The lowest BCUT2D eigenvalue weighted by Gasteiger charge is -2.36. The van der Waals surface area contributed by atoms with Crippen molar-refractivity contribution >= 4 is 22.9 Å². The molecule has 6 nitrogen and oxygen atoms in total. The van der Waals surface area contributed by atoms with Crippen LogP contribution in [0.15, 0.2) is 66.9 Å². The van der Waals surface area contributed by atoms with Gasteiger partial charge in [-0.05, 0) is 55.0 Å². The highest BCUT2D eigenvalue weighted by Crippen LogP contribution is 2.33. The number of pyridine rings is 1. The Morgan fingerprint density at radius 2 is 2.06 bits per heavy atom. The Morgan fingerprint density at radius 3 is 2.82 bits per heavy atom. The number of aliphatic carboxylic acids is 1. The summed E-state index contributed by atoms with van der Waals surface area (Å²) in [7, 11) is 1.59. The molecule has 0 spiro atoms. The number of likely N-dealkylation sites (tertiary alicyclic amines) is 1. The number of piperidine rings is 1. The molecular formula is C28H32N2O4. The van der Waals surface area contributed by atoms with Crippen LogP contribution < -0.4 is 4.74 Å². The fourth-order valence-electron chi connectivity index (χ4n) is 4.84. The summed E-state index contributed by atoms with van der Waals surface area (Å²) >= 11 is 0. The number of aromatic nitrogens is 1. The van der Waals surface area contributed by atoms with Crippen LogP contribution in [0.5, 0.6) is 5.75 Å². The van der Waals surface area contributed by atoms with E-state index in [9.17, 15) is 15.0 Å². The van der Waals surface area contributed by atoms with Crippen LogP contribution in [-0.4, -0.2) is 52.8 Å². The van der Waals surface area contributed by atoms with E-state index in [1.807, 2.05) is 42.5 Å². The molecule has 3 aromatic rings. The van der Waals surface area contributed by atoms with Gasteiger partial charge >= 0.3 is 5.97 Å². The lowest BCUT2D eigenvalue weighted by molar-refractivity contribution is -0.146. The van der Waals surface area contributed by atoms with Gasteiger partial charge in [0.25, 0.3) is 0 Å². The summed E-state index contributed by atoms with van der Waals surface area (Å²) in [6.07, 6.45) is 7.15. The predicted octanol–water partition coefficient (Wildman–Crippen LogP) is 4.79. The van der Waals surface area contributed by atoms with E-state index < -0.39 is 18.0 Å². The minimum atomic E-state index is -0.754. The number of methoxy groups -OCH3 is 1. The van der Waals surface area contributed by atoms with Gasteiger partial charge in [-0.1, -0.05) is 54.6 Å². The van der Waals surface area contributed by atoms with Crippen LogP contribution in [0.1, 0.15) is 36.5 Å². The lowest BCUT2D eigenvalue weighted by Crippen LogP contribution is -2.44. The maximum atomic E-state index is 12.0. The number of rotatable bonds is 9. The van der Waals surface area contributed by atoms with E-state index in [4.69, 9.17) is 4.74 Å². The Morgan fingerprint density at radius 1 is 1.24 bits per heavy atom. The summed E-state index contributed by atoms with van der Waals surface area (Å²) < 4.78 is 5.30. The zero-order valence-corrected chi connectivity index (χ0v) is 19.5.